The first kappa shape index (κ1) is 31.1. The highest BCUT2D eigenvalue weighted by molar-refractivity contribution is 6.21. The van der Waals surface area contributed by atoms with Crippen molar-refractivity contribution in [2.45, 2.75) is 45.8 Å². The summed E-state index contributed by atoms with van der Waals surface area (Å²) in [5, 5.41) is 8.60. The SMILES string of the molecule is CCOc1ccc(N2C(=O)C(O[C@@H](C(=O)OC)c3ccccc3)=C(C(=O)c3ccc(C(C)C)cc3)[C@@H]2c2ccc(C)nn2)cn1. The minimum Gasteiger partial charge on any atom is -0.478 e. The van der Waals surface area contributed by atoms with Crippen molar-refractivity contribution in [3.05, 3.63) is 124 Å². The van der Waals surface area contributed by atoms with Crippen LogP contribution < -0.4 is 9.64 Å². The number of hydrogen-bond acceptors (Lipinski definition) is 9. The number of hydrogen-bond donors (Lipinski definition) is 0. The van der Waals surface area contributed by atoms with Crippen LogP contribution in [0.15, 0.2) is 96.4 Å². The first-order chi connectivity index (χ1) is 21.7. The molecule has 5 rings (SSSR count). The van der Waals surface area contributed by atoms with E-state index in [0.717, 1.165) is 5.56 Å². The molecule has 0 fully saturated rings. The maximum absolute atomic E-state index is 14.5. The molecule has 0 unspecified atom stereocenters. The van der Waals surface area contributed by atoms with Crippen LogP contribution in [0.25, 0.3) is 0 Å². The van der Waals surface area contributed by atoms with Gasteiger partial charge in [0.15, 0.2) is 11.5 Å². The number of carbonyl (C=O) groups is 3. The molecule has 45 heavy (non-hydrogen) atoms. The Morgan fingerprint density at radius 3 is 2.22 bits per heavy atom. The van der Waals surface area contributed by atoms with Gasteiger partial charge in [0.25, 0.3) is 5.91 Å². The van der Waals surface area contributed by atoms with Gasteiger partial charge in [-0.05, 0) is 43.5 Å². The molecule has 2 aromatic heterocycles. The maximum Gasteiger partial charge on any atom is 0.351 e. The molecule has 10 nitrogen and oxygen atoms in total. The van der Waals surface area contributed by atoms with E-state index >= 15 is 0 Å². The lowest BCUT2D eigenvalue weighted by atomic mass is 9.93. The number of rotatable bonds is 11. The number of methoxy groups -OCH3 is 1. The lowest BCUT2D eigenvalue weighted by molar-refractivity contribution is -0.152. The van der Waals surface area contributed by atoms with Crippen LogP contribution in [0.2, 0.25) is 0 Å². The average Bonchev–Trinajstić information content (AvgIpc) is 3.35. The van der Waals surface area contributed by atoms with E-state index in [1.165, 1.54) is 18.2 Å². The van der Waals surface area contributed by atoms with Crippen LogP contribution >= 0.6 is 0 Å². The summed E-state index contributed by atoms with van der Waals surface area (Å²) in [5.41, 5.74) is 3.21. The Morgan fingerprint density at radius 2 is 1.64 bits per heavy atom. The highest BCUT2D eigenvalue weighted by Crippen LogP contribution is 2.44. The molecule has 0 saturated carbocycles. The molecule has 1 aliphatic rings. The van der Waals surface area contributed by atoms with Gasteiger partial charge in [0.1, 0.15) is 6.04 Å². The number of esters is 1. The lowest BCUT2D eigenvalue weighted by Gasteiger charge is -2.25. The van der Waals surface area contributed by atoms with Crippen molar-refractivity contribution in [2.75, 3.05) is 18.6 Å². The number of ether oxygens (including phenoxy) is 3. The summed E-state index contributed by atoms with van der Waals surface area (Å²) in [6.45, 7) is 8.17. The molecule has 2 atom stereocenters. The number of amides is 1. The van der Waals surface area contributed by atoms with Gasteiger partial charge in [0.2, 0.25) is 12.0 Å². The maximum atomic E-state index is 14.5. The molecule has 0 bridgehead atoms. The van der Waals surface area contributed by atoms with Gasteiger partial charge in [-0.2, -0.15) is 10.2 Å². The standard InChI is InChI=1S/C35H34N4O6/c1-6-44-28-19-17-26(20-36-28)39-30(27-18-12-22(4)37-38-27)29(31(40)24-15-13-23(14-16-24)21(2)3)33(34(39)41)45-32(35(42)43-5)25-10-8-7-9-11-25/h7-21,30,32H,6H2,1-5H3/t30-,32+/m0/s1. The van der Waals surface area contributed by atoms with Gasteiger partial charge in [-0.25, -0.2) is 9.78 Å². The van der Waals surface area contributed by atoms with Crippen molar-refractivity contribution >= 4 is 23.3 Å². The summed E-state index contributed by atoms with van der Waals surface area (Å²) in [4.78, 5) is 47.8. The summed E-state index contributed by atoms with van der Waals surface area (Å²) in [6, 6.07) is 21.6. The molecule has 0 saturated heterocycles. The molecule has 0 N–H and O–H groups in total. The zero-order chi connectivity index (χ0) is 32.1. The van der Waals surface area contributed by atoms with Gasteiger partial charge < -0.3 is 14.2 Å². The molecule has 4 aromatic rings. The summed E-state index contributed by atoms with van der Waals surface area (Å²) in [6.07, 6.45) is 0.152. The molecule has 10 heteroatoms. The number of ketones is 1. The zero-order valence-electron chi connectivity index (χ0n) is 25.8. The lowest BCUT2D eigenvalue weighted by Crippen LogP contribution is -2.32. The van der Waals surface area contributed by atoms with E-state index in [-0.39, 0.29) is 17.3 Å². The molecular weight excluding hydrogens is 572 g/mol. The van der Waals surface area contributed by atoms with Crippen molar-refractivity contribution in [3.8, 4) is 5.88 Å². The van der Waals surface area contributed by atoms with Crippen LogP contribution in [0.1, 0.15) is 71.7 Å². The van der Waals surface area contributed by atoms with Crippen LogP contribution in [-0.4, -0.2) is 46.6 Å². The quantitative estimate of drug-likeness (QED) is 0.153. The van der Waals surface area contributed by atoms with Crippen molar-refractivity contribution in [2.24, 2.45) is 0 Å². The van der Waals surface area contributed by atoms with E-state index in [4.69, 9.17) is 14.2 Å². The third kappa shape index (κ3) is 6.45. The Morgan fingerprint density at radius 1 is 0.911 bits per heavy atom. The minimum atomic E-state index is -1.33. The number of Topliss-reactive ketones (excluding diaryl/α,β-unsaturated/α-hetero) is 1. The van der Waals surface area contributed by atoms with Gasteiger partial charge in [-0.1, -0.05) is 68.4 Å². The summed E-state index contributed by atoms with van der Waals surface area (Å²) in [7, 11) is 1.23. The largest absolute Gasteiger partial charge is 0.478 e. The van der Waals surface area contributed by atoms with Gasteiger partial charge in [-0.15, -0.1) is 0 Å². The fourth-order valence-corrected chi connectivity index (χ4v) is 5.07. The van der Waals surface area contributed by atoms with Crippen molar-refractivity contribution in [3.63, 3.8) is 0 Å². The van der Waals surface area contributed by atoms with Crippen molar-refractivity contribution in [1.82, 2.24) is 15.2 Å². The predicted molar refractivity (Wildman–Crippen MR) is 167 cm³/mol. The molecule has 3 heterocycles. The fraction of sp³-hybridized carbons (Fsp3) is 0.257. The Labute approximate surface area is 261 Å². The molecule has 230 valence electrons. The number of benzene rings is 2. The third-order valence-corrected chi connectivity index (χ3v) is 7.42. The molecule has 2 aromatic carbocycles. The van der Waals surface area contributed by atoms with Crippen LogP contribution in [0.5, 0.6) is 5.88 Å². The van der Waals surface area contributed by atoms with Crippen molar-refractivity contribution < 1.29 is 28.6 Å². The van der Waals surface area contributed by atoms with Gasteiger partial charge >= 0.3 is 5.97 Å². The smallest absolute Gasteiger partial charge is 0.351 e. The third-order valence-electron chi connectivity index (χ3n) is 7.42. The van der Waals surface area contributed by atoms with E-state index in [1.54, 1.807) is 73.7 Å². The number of pyridine rings is 1. The highest BCUT2D eigenvalue weighted by atomic mass is 16.6. The number of aryl methyl sites for hydroxylation is 1. The molecule has 0 aliphatic carbocycles. The monoisotopic (exact) mass is 606 g/mol. The second-order valence-corrected chi connectivity index (χ2v) is 10.7. The normalized spacial score (nSPS) is 15.3. The van der Waals surface area contributed by atoms with E-state index in [2.05, 4.69) is 29.0 Å². The molecule has 0 spiro atoms. The van der Waals surface area contributed by atoms with Gasteiger partial charge in [-0.3, -0.25) is 14.5 Å². The number of carbonyl (C=O) groups excluding carboxylic acids is 3. The second-order valence-electron chi connectivity index (χ2n) is 10.7. The Balaban J connectivity index is 1.72. The van der Waals surface area contributed by atoms with E-state index < -0.39 is 29.8 Å². The van der Waals surface area contributed by atoms with E-state index in [0.29, 0.717) is 40.7 Å². The topological polar surface area (TPSA) is 121 Å². The van der Waals surface area contributed by atoms with E-state index in [1.807, 2.05) is 19.1 Å². The van der Waals surface area contributed by atoms with Crippen LogP contribution in [-0.2, 0) is 19.1 Å². The average molecular weight is 607 g/mol. The van der Waals surface area contributed by atoms with Crippen molar-refractivity contribution in [1.29, 1.82) is 0 Å². The number of aromatic nitrogens is 3. The summed E-state index contributed by atoms with van der Waals surface area (Å²) in [5.74, 6) is -1.51. The minimum absolute atomic E-state index is 0.00849. The predicted octanol–water partition coefficient (Wildman–Crippen LogP) is 5.86. The molecule has 0 radical (unpaired) electrons. The Kier molecular flexibility index (Phi) is 9.32. The first-order valence-electron chi connectivity index (χ1n) is 14.6. The van der Waals surface area contributed by atoms with Crippen LogP contribution in [0, 0.1) is 6.92 Å². The molecule has 1 amide bonds. The van der Waals surface area contributed by atoms with Crippen LogP contribution in [0.4, 0.5) is 5.69 Å². The molecular formula is C35H34N4O6. The summed E-state index contributed by atoms with van der Waals surface area (Å²) >= 11 is 0. The van der Waals surface area contributed by atoms with Gasteiger partial charge in [0, 0.05) is 17.2 Å². The Hall–Kier alpha value is -5.38. The Bertz CT molecular complexity index is 1700. The number of nitrogens with zero attached hydrogens (tertiary/aromatic N) is 4. The fourth-order valence-electron chi connectivity index (χ4n) is 5.07. The van der Waals surface area contributed by atoms with E-state index in [9.17, 15) is 14.4 Å². The van der Waals surface area contributed by atoms with Crippen LogP contribution in [0.3, 0.4) is 0 Å². The first-order valence-corrected chi connectivity index (χ1v) is 14.6. The molecule has 1 aliphatic heterocycles. The van der Waals surface area contributed by atoms with Gasteiger partial charge in [0.05, 0.1) is 42.6 Å². The summed E-state index contributed by atoms with van der Waals surface area (Å²) < 4.78 is 16.8. The highest BCUT2D eigenvalue weighted by Gasteiger charge is 2.48. The second kappa shape index (κ2) is 13.5. The number of anilines is 1. The zero-order valence-corrected chi connectivity index (χ0v) is 25.8.